The highest BCUT2D eigenvalue weighted by atomic mass is 32.2. The third-order valence-electron chi connectivity index (χ3n) is 4.27. The van der Waals surface area contributed by atoms with Crippen LogP contribution in [-0.4, -0.2) is 57.2 Å². The molecule has 7 nitrogen and oxygen atoms in total. The summed E-state index contributed by atoms with van der Waals surface area (Å²) in [5, 5.41) is 0. The fourth-order valence-corrected chi connectivity index (χ4v) is 4.38. The van der Waals surface area contributed by atoms with E-state index < -0.39 is 16.0 Å². The summed E-state index contributed by atoms with van der Waals surface area (Å²) in [6, 6.07) is 4.59. The van der Waals surface area contributed by atoms with E-state index in [1.807, 2.05) is 20.8 Å². The first-order valence-corrected chi connectivity index (χ1v) is 10.1. The Morgan fingerprint density at radius 1 is 1.28 bits per heavy atom. The molecule has 0 unspecified atom stereocenters. The maximum absolute atomic E-state index is 12.2. The van der Waals surface area contributed by atoms with Gasteiger partial charge in [0, 0.05) is 19.1 Å². The third kappa shape index (κ3) is 4.12. The SMILES string of the molecule is CCN(CC)C(=O)COC(=O)c1ccc2c(c1)C[C@H](C)N2S(C)(=O)=O. The second-order valence-electron chi connectivity index (χ2n) is 6.10. The minimum absolute atomic E-state index is 0.194. The van der Waals surface area contributed by atoms with Crippen LogP contribution < -0.4 is 4.31 Å². The van der Waals surface area contributed by atoms with E-state index in [4.69, 9.17) is 4.74 Å². The van der Waals surface area contributed by atoms with Crippen LogP contribution in [0.4, 0.5) is 5.69 Å². The van der Waals surface area contributed by atoms with Crippen molar-refractivity contribution in [3.05, 3.63) is 29.3 Å². The van der Waals surface area contributed by atoms with Gasteiger partial charge in [-0.2, -0.15) is 0 Å². The number of carbonyl (C=O) groups is 2. The number of likely N-dealkylation sites (N-methyl/N-ethyl adjacent to an activating group) is 1. The summed E-state index contributed by atoms with van der Waals surface area (Å²) in [5.41, 5.74) is 1.68. The Bertz CT molecular complexity index is 771. The first-order chi connectivity index (χ1) is 11.7. The molecule has 1 aromatic rings. The predicted molar refractivity (Wildman–Crippen MR) is 95.1 cm³/mol. The number of anilines is 1. The Balaban J connectivity index is 2.12. The van der Waals surface area contributed by atoms with E-state index in [1.165, 1.54) is 16.6 Å². The number of ether oxygens (including phenoxy) is 1. The van der Waals surface area contributed by atoms with Gasteiger partial charge in [-0.15, -0.1) is 0 Å². The van der Waals surface area contributed by atoms with E-state index in [0.29, 0.717) is 30.8 Å². The lowest BCUT2D eigenvalue weighted by molar-refractivity contribution is -0.134. The van der Waals surface area contributed by atoms with Gasteiger partial charge in [0.2, 0.25) is 10.0 Å². The smallest absolute Gasteiger partial charge is 0.338 e. The number of hydrogen-bond acceptors (Lipinski definition) is 5. The number of sulfonamides is 1. The molecule has 1 atom stereocenters. The van der Waals surface area contributed by atoms with Crippen LogP contribution in [0.1, 0.15) is 36.7 Å². The first-order valence-electron chi connectivity index (χ1n) is 8.26. The van der Waals surface area contributed by atoms with Crippen molar-refractivity contribution in [2.24, 2.45) is 0 Å². The van der Waals surface area contributed by atoms with Crippen LogP contribution in [0.3, 0.4) is 0 Å². The van der Waals surface area contributed by atoms with Crippen molar-refractivity contribution in [1.29, 1.82) is 0 Å². The minimum Gasteiger partial charge on any atom is -0.452 e. The lowest BCUT2D eigenvalue weighted by Crippen LogP contribution is -2.34. The number of nitrogens with zero attached hydrogens (tertiary/aromatic N) is 2. The summed E-state index contributed by atoms with van der Waals surface area (Å²) >= 11 is 0. The molecular weight excluding hydrogens is 344 g/mol. The maximum atomic E-state index is 12.2. The third-order valence-corrected chi connectivity index (χ3v) is 5.54. The standard InChI is InChI=1S/C17H24N2O5S/c1-5-18(6-2)16(20)11-24-17(21)13-7-8-15-14(10-13)9-12(3)19(15)25(4,22)23/h7-8,10,12H,5-6,9,11H2,1-4H3/t12-/m0/s1. The molecule has 1 aromatic carbocycles. The zero-order chi connectivity index (χ0) is 18.8. The largest absolute Gasteiger partial charge is 0.452 e. The molecule has 25 heavy (non-hydrogen) atoms. The van der Waals surface area contributed by atoms with Crippen LogP contribution in [0.25, 0.3) is 0 Å². The Labute approximate surface area is 148 Å². The second-order valence-corrected chi connectivity index (χ2v) is 7.96. The molecule has 1 amide bonds. The van der Waals surface area contributed by atoms with Crippen molar-refractivity contribution in [1.82, 2.24) is 4.90 Å². The average Bonchev–Trinajstić information content (AvgIpc) is 2.88. The van der Waals surface area contributed by atoms with Gasteiger partial charge in [-0.3, -0.25) is 9.10 Å². The number of fused-ring (bicyclic) bond motifs is 1. The number of carbonyl (C=O) groups excluding carboxylic acids is 2. The average molecular weight is 368 g/mol. The number of esters is 1. The molecule has 8 heteroatoms. The Hall–Kier alpha value is -2.09. The molecule has 0 radical (unpaired) electrons. The van der Waals surface area contributed by atoms with Gasteiger partial charge in [-0.05, 0) is 51.0 Å². The molecule has 0 spiro atoms. The van der Waals surface area contributed by atoms with Crippen LogP contribution in [0.2, 0.25) is 0 Å². The van der Waals surface area contributed by atoms with Gasteiger partial charge in [-0.1, -0.05) is 0 Å². The molecule has 0 fully saturated rings. The molecular formula is C17H24N2O5S. The van der Waals surface area contributed by atoms with Crippen LogP contribution in [0.5, 0.6) is 0 Å². The Kier molecular flexibility index (Phi) is 5.72. The van der Waals surface area contributed by atoms with Crippen molar-refractivity contribution < 1.29 is 22.7 Å². The van der Waals surface area contributed by atoms with Gasteiger partial charge in [0.15, 0.2) is 6.61 Å². The summed E-state index contributed by atoms with van der Waals surface area (Å²) in [7, 11) is -3.37. The molecule has 0 aromatic heterocycles. The van der Waals surface area contributed by atoms with E-state index in [0.717, 1.165) is 5.56 Å². The number of hydrogen-bond donors (Lipinski definition) is 0. The van der Waals surface area contributed by atoms with E-state index >= 15 is 0 Å². The van der Waals surface area contributed by atoms with Gasteiger partial charge in [0.05, 0.1) is 17.5 Å². The summed E-state index contributed by atoms with van der Waals surface area (Å²) in [6.45, 7) is 6.36. The summed E-state index contributed by atoms with van der Waals surface area (Å²) in [4.78, 5) is 25.7. The molecule has 1 aliphatic heterocycles. The van der Waals surface area contributed by atoms with E-state index in [1.54, 1.807) is 17.0 Å². The highest BCUT2D eigenvalue weighted by molar-refractivity contribution is 7.92. The van der Waals surface area contributed by atoms with Crippen molar-refractivity contribution in [3.8, 4) is 0 Å². The molecule has 2 rings (SSSR count). The predicted octanol–water partition coefficient (Wildman–Crippen LogP) is 1.42. The summed E-state index contributed by atoms with van der Waals surface area (Å²) < 4.78 is 30.3. The topological polar surface area (TPSA) is 84.0 Å². The molecule has 1 aliphatic rings. The quantitative estimate of drug-likeness (QED) is 0.709. The lowest BCUT2D eigenvalue weighted by atomic mass is 10.1. The highest BCUT2D eigenvalue weighted by Gasteiger charge is 2.33. The van der Waals surface area contributed by atoms with E-state index in [-0.39, 0.29) is 18.6 Å². The molecule has 1 heterocycles. The fraction of sp³-hybridized carbons (Fsp3) is 0.529. The zero-order valence-electron chi connectivity index (χ0n) is 15.0. The van der Waals surface area contributed by atoms with Crippen molar-refractivity contribution in [2.45, 2.75) is 33.2 Å². The number of benzene rings is 1. The van der Waals surface area contributed by atoms with Crippen LogP contribution >= 0.6 is 0 Å². The van der Waals surface area contributed by atoms with Gasteiger partial charge in [0.1, 0.15) is 0 Å². The van der Waals surface area contributed by atoms with Gasteiger partial charge in [0.25, 0.3) is 5.91 Å². The number of amides is 1. The van der Waals surface area contributed by atoms with Gasteiger partial charge in [-0.25, -0.2) is 13.2 Å². The van der Waals surface area contributed by atoms with E-state index in [2.05, 4.69) is 0 Å². The number of rotatable bonds is 6. The van der Waals surface area contributed by atoms with Gasteiger partial charge >= 0.3 is 5.97 Å². The minimum atomic E-state index is -3.37. The Morgan fingerprint density at radius 3 is 2.48 bits per heavy atom. The lowest BCUT2D eigenvalue weighted by Gasteiger charge is -2.22. The zero-order valence-corrected chi connectivity index (χ0v) is 15.8. The molecule has 0 bridgehead atoms. The molecule has 0 aliphatic carbocycles. The van der Waals surface area contributed by atoms with Crippen LogP contribution in [0.15, 0.2) is 18.2 Å². The molecule has 0 saturated heterocycles. The fourth-order valence-electron chi connectivity index (χ4n) is 3.11. The molecule has 138 valence electrons. The summed E-state index contributed by atoms with van der Waals surface area (Å²) in [5.74, 6) is -0.829. The Morgan fingerprint density at radius 2 is 1.92 bits per heavy atom. The second kappa shape index (κ2) is 7.43. The summed E-state index contributed by atoms with van der Waals surface area (Å²) in [6.07, 6.45) is 1.70. The highest BCUT2D eigenvalue weighted by Crippen LogP contribution is 2.34. The van der Waals surface area contributed by atoms with Crippen molar-refractivity contribution >= 4 is 27.6 Å². The van der Waals surface area contributed by atoms with Crippen LogP contribution in [0, 0.1) is 0 Å². The molecule has 0 saturated carbocycles. The first kappa shape index (κ1) is 19.2. The van der Waals surface area contributed by atoms with Crippen LogP contribution in [-0.2, 0) is 26.0 Å². The maximum Gasteiger partial charge on any atom is 0.338 e. The monoisotopic (exact) mass is 368 g/mol. The van der Waals surface area contributed by atoms with E-state index in [9.17, 15) is 18.0 Å². The van der Waals surface area contributed by atoms with Gasteiger partial charge < -0.3 is 9.64 Å². The normalized spacial score (nSPS) is 16.5. The molecule has 0 N–H and O–H groups in total. The van der Waals surface area contributed by atoms with Crippen molar-refractivity contribution in [3.63, 3.8) is 0 Å². The van der Waals surface area contributed by atoms with Crippen molar-refractivity contribution in [2.75, 3.05) is 30.3 Å².